The molecule has 4 rings (SSSR count). The van der Waals surface area contributed by atoms with E-state index in [9.17, 15) is 4.79 Å². The number of hydrogen-bond acceptors (Lipinski definition) is 6. The molecule has 0 aliphatic carbocycles. The fraction of sp³-hybridized carbons (Fsp3) is 0.321. The number of para-hydroxylation sites is 1. The highest BCUT2D eigenvalue weighted by molar-refractivity contribution is 5.75. The minimum absolute atomic E-state index is 0.116. The maximum atomic E-state index is 11.2. The highest BCUT2D eigenvalue weighted by atomic mass is 16.7. The summed E-state index contributed by atoms with van der Waals surface area (Å²) in [5, 5.41) is 9.15. The summed E-state index contributed by atoms with van der Waals surface area (Å²) in [6, 6.07) is 25.1. The minimum atomic E-state index is -1.54. The third-order valence-corrected chi connectivity index (χ3v) is 5.65. The van der Waals surface area contributed by atoms with Gasteiger partial charge in [0, 0.05) is 19.3 Å². The highest BCUT2D eigenvalue weighted by Crippen LogP contribution is 2.25. The van der Waals surface area contributed by atoms with E-state index in [4.69, 9.17) is 28.8 Å². The molecular formula is C28H30O7. The van der Waals surface area contributed by atoms with Crippen LogP contribution in [-0.2, 0) is 20.7 Å². The van der Waals surface area contributed by atoms with E-state index in [-0.39, 0.29) is 5.92 Å². The van der Waals surface area contributed by atoms with Crippen LogP contribution in [0.5, 0.6) is 23.0 Å². The van der Waals surface area contributed by atoms with Crippen LogP contribution in [0.4, 0.5) is 0 Å². The van der Waals surface area contributed by atoms with E-state index in [0.717, 1.165) is 41.4 Å². The van der Waals surface area contributed by atoms with Crippen LogP contribution in [0.25, 0.3) is 0 Å². The number of rotatable bonds is 11. The molecule has 1 N–H and O–H groups in total. The predicted molar refractivity (Wildman–Crippen MR) is 130 cm³/mol. The number of benzene rings is 3. The molecule has 7 nitrogen and oxygen atoms in total. The van der Waals surface area contributed by atoms with Crippen molar-refractivity contribution >= 4 is 5.97 Å². The zero-order valence-corrected chi connectivity index (χ0v) is 19.7. The van der Waals surface area contributed by atoms with Gasteiger partial charge >= 0.3 is 5.97 Å². The molecule has 0 aromatic heterocycles. The Kier molecular flexibility index (Phi) is 8.23. The largest absolute Gasteiger partial charge is 0.493 e. The molecule has 7 heteroatoms. The van der Waals surface area contributed by atoms with Crippen molar-refractivity contribution in [2.75, 3.05) is 26.4 Å². The molecule has 0 spiro atoms. The summed E-state index contributed by atoms with van der Waals surface area (Å²) >= 11 is 0. The van der Waals surface area contributed by atoms with Crippen molar-refractivity contribution in [3.05, 3.63) is 84.4 Å². The average Bonchev–Trinajstić information content (AvgIpc) is 2.88. The molecule has 1 fully saturated rings. The van der Waals surface area contributed by atoms with Gasteiger partial charge in [-0.1, -0.05) is 30.3 Å². The molecule has 1 saturated heterocycles. The average molecular weight is 479 g/mol. The number of carbonyl (C=O) groups is 1. The third-order valence-electron chi connectivity index (χ3n) is 5.65. The van der Waals surface area contributed by atoms with Crippen LogP contribution in [0.3, 0.4) is 0 Å². The van der Waals surface area contributed by atoms with Gasteiger partial charge in [-0.05, 0) is 60.5 Å². The number of carboxylic acids is 1. The van der Waals surface area contributed by atoms with Crippen molar-refractivity contribution < 1.29 is 33.6 Å². The Morgan fingerprint density at radius 2 is 1.34 bits per heavy atom. The molecule has 0 amide bonds. The Morgan fingerprint density at radius 1 is 0.829 bits per heavy atom. The first-order chi connectivity index (χ1) is 17.0. The fourth-order valence-electron chi connectivity index (χ4n) is 3.61. The van der Waals surface area contributed by atoms with Crippen LogP contribution < -0.4 is 14.2 Å². The van der Waals surface area contributed by atoms with E-state index in [1.165, 1.54) is 6.92 Å². The van der Waals surface area contributed by atoms with Gasteiger partial charge < -0.3 is 28.8 Å². The Labute approximate surface area is 205 Å². The maximum Gasteiger partial charge on any atom is 0.364 e. The summed E-state index contributed by atoms with van der Waals surface area (Å²) in [4.78, 5) is 11.2. The molecule has 3 aromatic carbocycles. The lowest BCUT2D eigenvalue weighted by molar-refractivity contribution is -0.270. The molecule has 1 heterocycles. The monoisotopic (exact) mass is 478 g/mol. The molecular weight excluding hydrogens is 448 g/mol. The topological polar surface area (TPSA) is 83.5 Å². The predicted octanol–water partition coefficient (Wildman–Crippen LogP) is 5.33. The van der Waals surface area contributed by atoms with Crippen molar-refractivity contribution in [1.29, 1.82) is 0 Å². The molecule has 0 atom stereocenters. The van der Waals surface area contributed by atoms with Gasteiger partial charge in [0.05, 0.1) is 26.4 Å². The standard InChI is InChI=1S/C28H30O7/c1-28(27(29)30)33-19-22(20-34-28)18-21-8-10-23(11-9-21)31-16-5-17-32-24-12-14-26(15-13-24)35-25-6-3-2-4-7-25/h2-4,6-15,22H,5,16-20H2,1H3,(H,29,30)/t22-,28+. The zero-order valence-electron chi connectivity index (χ0n) is 19.7. The lowest BCUT2D eigenvalue weighted by Crippen LogP contribution is -2.48. The zero-order chi connectivity index (χ0) is 24.5. The summed E-state index contributed by atoms with van der Waals surface area (Å²) in [5.74, 6) is 0.613. The summed E-state index contributed by atoms with van der Waals surface area (Å²) in [6.07, 6.45) is 1.50. The van der Waals surface area contributed by atoms with Crippen molar-refractivity contribution in [2.45, 2.75) is 25.6 Å². The second-order valence-corrected chi connectivity index (χ2v) is 8.52. The van der Waals surface area contributed by atoms with E-state index < -0.39 is 11.8 Å². The molecule has 1 aliphatic rings. The summed E-state index contributed by atoms with van der Waals surface area (Å²) < 4.78 is 28.2. The fourth-order valence-corrected chi connectivity index (χ4v) is 3.61. The van der Waals surface area contributed by atoms with E-state index in [2.05, 4.69) is 0 Å². The van der Waals surface area contributed by atoms with Crippen molar-refractivity contribution in [3.8, 4) is 23.0 Å². The number of ether oxygens (including phenoxy) is 5. The van der Waals surface area contributed by atoms with Crippen LogP contribution in [0.15, 0.2) is 78.9 Å². The summed E-state index contributed by atoms with van der Waals surface area (Å²) in [5.41, 5.74) is 1.12. The number of carboxylic acid groups (broad SMARTS) is 1. The molecule has 184 valence electrons. The van der Waals surface area contributed by atoms with Gasteiger partial charge in [0.25, 0.3) is 5.79 Å². The van der Waals surface area contributed by atoms with Gasteiger partial charge in [-0.3, -0.25) is 0 Å². The quantitative estimate of drug-likeness (QED) is 0.373. The van der Waals surface area contributed by atoms with Crippen molar-refractivity contribution in [1.82, 2.24) is 0 Å². The molecule has 3 aromatic rings. The van der Waals surface area contributed by atoms with E-state index in [1.807, 2.05) is 78.9 Å². The second-order valence-electron chi connectivity index (χ2n) is 8.52. The normalized spacial score (nSPS) is 19.6. The Hall–Kier alpha value is -3.55. The van der Waals surface area contributed by atoms with Crippen molar-refractivity contribution in [2.24, 2.45) is 5.92 Å². The van der Waals surface area contributed by atoms with Crippen LogP contribution in [0.2, 0.25) is 0 Å². The van der Waals surface area contributed by atoms with Crippen LogP contribution in [0, 0.1) is 5.92 Å². The second kappa shape index (κ2) is 11.7. The SMILES string of the molecule is C[C@]1(C(=O)O)OC[C@@H](Cc2ccc(OCCCOc3ccc(Oc4ccccc4)cc3)cc2)CO1. The van der Waals surface area contributed by atoms with Crippen LogP contribution in [0.1, 0.15) is 18.9 Å². The Bertz CT molecular complexity index is 1060. The molecule has 0 radical (unpaired) electrons. The molecule has 0 bridgehead atoms. The first-order valence-electron chi connectivity index (χ1n) is 11.7. The lowest BCUT2D eigenvalue weighted by Gasteiger charge is -2.34. The highest BCUT2D eigenvalue weighted by Gasteiger charge is 2.40. The molecule has 0 unspecified atom stereocenters. The molecule has 0 saturated carbocycles. The van der Waals surface area contributed by atoms with Crippen LogP contribution >= 0.6 is 0 Å². The van der Waals surface area contributed by atoms with Gasteiger partial charge in [-0.15, -0.1) is 0 Å². The van der Waals surface area contributed by atoms with Gasteiger partial charge in [0.1, 0.15) is 23.0 Å². The van der Waals surface area contributed by atoms with Gasteiger partial charge in [0.15, 0.2) is 0 Å². The summed E-state index contributed by atoms with van der Waals surface area (Å²) in [7, 11) is 0. The van der Waals surface area contributed by atoms with Gasteiger partial charge in [-0.25, -0.2) is 4.79 Å². The van der Waals surface area contributed by atoms with Crippen LogP contribution in [-0.4, -0.2) is 43.3 Å². The summed E-state index contributed by atoms with van der Waals surface area (Å²) in [6.45, 7) is 3.23. The first-order valence-corrected chi connectivity index (χ1v) is 11.7. The van der Waals surface area contributed by atoms with E-state index in [0.29, 0.717) is 26.4 Å². The van der Waals surface area contributed by atoms with Gasteiger partial charge in [-0.2, -0.15) is 0 Å². The molecule has 35 heavy (non-hydrogen) atoms. The van der Waals surface area contributed by atoms with E-state index >= 15 is 0 Å². The smallest absolute Gasteiger partial charge is 0.364 e. The molecule has 1 aliphatic heterocycles. The van der Waals surface area contributed by atoms with E-state index in [1.54, 1.807) is 0 Å². The minimum Gasteiger partial charge on any atom is -0.493 e. The van der Waals surface area contributed by atoms with Crippen molar-refractivity contribution in [3.63, 3.8) is 0 Å². The first kappa shape index (κ1) is 24.6. The lowest BCUT2D eigenvalue weighted by atomic mass is 9.99. The Morgan fingerprint density at radius 3 is 1.91 bits per heavy atom. The maximum absolute atomic E-state index is 11.2. The van der Waals surface area contributed by atoms with Gasteiger partial charge in [0.2, 0.25) is 0 Å². The number of hydrogen-bond donors (Lipinski definition) is 1. The number of aliphatic carboxylic acids is 1. The third kappa shape index (κ3) is 7.21. The Balaban J connectivity index is 1.12.